The van der Waals surface area contributed by atoms with Gasteiger partial charge in [0.05, 0.1) is 10.2 Å². The molecule has 3 rings (SSSR count). The smallest absolute Gasteiger partial charge is 0.300 e. The van der Waals surface area contributed by atoms with E-state index in [2.05, 4.69) is 47.6 Å². The number of benzene rings is 1. The largest absolute Gasteiger partial charge is 0.317 e. The number of nitrogens with zero attached hydrogens (tertiary/aromatic N) is 4. The Kier molecular flexibility index (Phi) is 4.64. The highest BCUT2D eigenvalue weighted by Crippen LogP contribution is 2.23. The number of aryl methyl sites for hydroxylation is 4. The molecule has 1 aromatic carbocycles. The van der Waals surface area contributed by atoms with Crippen LogP contribution in [0.15, 0.2) is 23.2 Å². The minimum absolute atomic E-state index is 0.220. The van der Waals surface area contributed by atoms with E-state index in [0.29, 0.717) is 5.69 Å². The molecule has 0 aliphatic carbocycles. The third kappa shape index (κ3) is 3.18. The predicted molar refractivity (Wildman–Crippen MR) is 102 cm³/mol. The molecule has 6 heteroatoms. The maximum absolute atomic E-state index is 12.6. The molecule has 0 atom stereocenters. The van der Waals surface area contributed by atoms with Crippen LogP contribution in [0.25, 0.3) is 10.2 Å². The normalized spacial score (nSPS) is 12.5. The average Bonchev–Trinajstić information content (AvgIpc) is 3.08. The molecule has 0 bridgehead atoms. The van der Waals surface area contributed by atoms with Crippen LogP contribution in [0.4, 0.5) is 0 Å². The molecule has 5 nitrogen and oxygen atoms in total. The highest BCUT2D eigenvalue weighted by Gasteiger charge is 2.15. The Labute approximate surface area is 151 Å². The Morgan fingerprint density at radius 2 is 1.96 bits per heavy atom. The Morgan fingerprint density at radius 1 is 1.24 bits per heavy atom. The second-order valence-corrected chi connectivity index (χ2v) is 7.66. The van der Waals surface area contributed by atoms with Crippen LogP contribution < -0.4 is 4.80 Å². The van der Waals surface area contributed by atoms with Crippen LogP contribution in [0.1, 0.15) is 54.1 Å². The van der Waals surface area contributed by atoms with Crippen LogP contribution in [0.2, 0.25) is 0 Å². The highest BCUT2D eigenvalue weighted by atomic mass is 32.1. The van der Waals surface area contributed by atoms with Gasteiger partial charge in [-0.1, -0.05) is 17.4 Å². The van der Waals surface area contributed by atoms with E-state index in [1.807, 2.05) is 31.5 Å². The summed E-state index contributed by atoms with van der Waals surface area (Å²) in [6, 6.07) is 6.35. The molecule has 132 valence electrons. The van der Waals surface area contributed by atoms with Crippen molar-refractivity contribution in [2.45, 2.75) is 54.1 Å². The zero-order chi connectivity index (χ0) is 18.3. The van der Waals surface area contributed by atoms with Crippen molar-refractivity contribution in [2.75, 3.05) is 0 Å². The Morgan fingerprint density at radius 3 is 2.56 bits per heavy atom. The van der Waals surface area contributed by atoms with Crippen LogP contribution >= 0.6 is 11.3 Å². The molecule has 25 heavy (non-hydrogen) atoms. The summed E-state index contributed by atoms with van der Waals surface area (Å²) >= 11 is 1.56. The first kappa shape index (κ1) is 17.6. The summed E-state index contributed by atoms with van der Waals surface area (Å²) in [7, 11) is 0. The third-order valence-electron chi connectivity index (χ3n) is 4.26. The number of hydrogen-bond acceptors (Lipinski definition) is 3. The molecule has 3 aromatic rings. The Hall–Kier alpha value is -2.21. The number of carbonyl (C=O) groups is 1. The maximum atomic E-state index is 12.6. The van der Waals surface area contributed by atoms with Crippen molar-refractivity contribution in [1.82, 2.24) is 14.3 Å². The molecule has 0 saturated carbocycles. The fraction of sp³-hybridized carbons (Fsp3) is 0.421. The SMILES string of the molecule is CCn1c(=NC(=O)c2cc(C)n(C(C)C)n2)sc2c(C)cc(C)cc21. The molecule has 0 N–H and O–H groups in total. The maximum Gasteiger partial charge on any atom is 0.300 e. The van der Waals surface area contributed by atoms with Crippen molar-refractivity contribution in [3.63, 3.8) is 0 Å². The van der Waals surface area contributed by atoms with Crippen molar-refractivity contribution < 1.29 is 4.79 Å². The van der Waals surface area contributed by atoms with Gasteiger partial charge in [-0.25, -0.2) is 0 Å². The summed E-state index contributed by atoms with van der Waals surface area (Å²) in [5.41, 5.74) is 4.95. The highest BCUT2D eigenvalue weighted by molar-refractivity contribution is 7.16. The standard InChI is InChI=1S/C19H24N4OS/c1-7-22-16-9-12(4)8-13(5)17(16)25-19(22)20-18(24)15-10-14(6)23(21-15)11(2)3/h8-11H,7H2,1-6H3. The first-order chi connectivity index (χ1) is 11.8. The third-order valence-corrected chi connectivity index (χ3v) is 5.49. The van der Waals surface area contributed by atoms with Crippen molar-refractivity contribution in [2.24, 2.45) is 4.99 Å². The summed E-state index contributed by atoms with van der Waals surface area (Å²) in [5.74, 6) is -0.286. The van der Waals surface area contributed by atoms with Crippen molar-refractivity contribution in [3.8, 4) is 0 Å². The number of thiazole rings is 1. The number of hydrogen-bond donors (Lipinski definition) is 0. The zero-order valence-corrected chi connectivity index (χ0v) is 16.4. The van der Waals surface area contributed by atoms with Crippen molar-refractivity contribution in [3.05, 3.63) is 45.5 Å². The van der Waals surface area contributed by atoms with Gasteiger partial charge in [-0.15, -0.1) is 0 Å². The van der Waals surface area contributed by atoms with Gasteiger partial charge in [-0.3, -0.25) is 9.48 Å². The summed E-state index contributed by atoms with van der Waals surface area (Å²) in [6.07, 6.45) is 0. The van der Waals surface area contributed by atoms with E-state index >= 15 is 0 Å². The van der Waals surface area contributed by atoms with E-state index in [1.54, 1.807) is 11.3 Å². The van der Waals surface area contributed by atoms with Crippen LogP contribution in [0.5, 0.6) is 0 Å². The fourth-order valence-corrected chi connectivity index (χ4v) is 4.30. The Bertz CT molecular complexity index is 1020. The number of fused-ring (bicyclic) bond motifs is 1. The molecule has 0 aliphatic heterocycles. The van der Waals surface area contributed by atoms with Gasteiger partial charge in [-0.2, -0.15) is 10.1 Å². The average molecular weight is 356 g/mol. The van der Waals surface area contributed by atoms with E-state index in [4.69, 9.17) is 0 Å². The van der Waals surface area contributed by atoms with Crippen LogP contribution in [-0.4, -0.2) is 20.3 Å². The van der Waals surface area contributed by atoms with Gasteiger partial charge in [0, 0.05) is 18.3 Å². The number of aromatic nitrogens is 3. The van der Waals surface area contributed by atoms with Gasteiger partial charge >= 0.3 is 0 Å². The molecule has 1 amide bonds. The Balaban J connectivity index is 2.13. The molecule has 0 aliphatic rings. The summed E-state index contributed by atoms with van der Waals surface area (Å²) in [5, 5.41) is 4.42. The topological polar surface area (TPSA) is 52.2 Å². The zero-order valence-electron chi connectivity index (χ0n) is 15.6. The summed E-state index contributed by atoms with van der Waals surface area (Å²) < 4.78 is 5.14. The number of amides is 1. The molecule has 0 spiro atoms. The molecule has 2 heterocycles. The van der Waals surface area contributed by atoms with Gasteiger partial charge < -0.3 is 4.57 Å². The van der Waals surface area contributed by atoms with Gasteiger partial charge in [-0.05, 0) is 64.8 Å². The van der Waals surface area contributed by atoms with Gasteiger partial charge in [0.1, 0.15) is 0 Å². The van der Waals surface area contributed by atoms with E-state index in [9.17, 15) is 4.79 Å². The van der Waals surface area contributed by atoms with Crippen LogP contribution in [-0.2, 0) is 6.54 Å². The molecule has 0 saturated heterocycles. The number of carbonyl (C=O) groups excluding carboxylic acids is 1. The second kappa shape index (κ2) is 6.59. The predicted octanol–water partition coefficient (Wildman–Crippen LogP) is 4.17. The number of rotatable bonds is 3. The van der Waals surface area contributed by atoms with E-state index in [0.717, 1.165) is 22.6 Å². The first-order valence-electron chi connectivity index (χ1n) is 8.57. The fourth-order valence-electron chi connectivity index (χ4n) is 3.16. The summed E-state index contributed by atoms with van der Waals surface area (Å²) in [4.78, 5) is 17.8. The molecule has 0 unspecified atom stereocenters. The minimum Gasteiger partial charge on any atom is -0.317 e. The first-order valence-corrected chi connectivity index (χ1v) is 9.39. The second-order valence-electron chi connectivity index (χ2n) is 6.69. The lowest BCUT2D eigenvalue weighted by Crippen LogP contribution is -2.16. The quantitative estimate of drug-likeness (QED) is 0.707. The van der Waals surface area contributed by atoms with E-state index in [1.165, 1.54) is 15.8 Å². The van der Waals surface area contributed by atoms with E-state index < -0.39 is 0 Å². The monoisotopic (exact) mass is 356 g/mol. The van der Waals surface area contributed by atoms with Crippen molar-refractivity contribution >= 4 is 27.5 Å². The molecular weight excluding hydrogens is 332 g/mol. The lowest BCUT2D eigenvalue weighted by molar-refractivity contribution is 0.0992. The molecule has 2 aromatic heterocycles. The van der Waals surface area contributed by atoms with Gasteiger partial charge in [0.25, 0.3) is 5.91 Å². The minimum atomic E-state index is -0.286. The van der Waals surface area contributed by atoms with Gasteiger partial charge in [0.15, 0.2) is 10.5 Å². The lowest BCUT2D eigenvalue weighted by atomic mass is 10.1. The lowest BCUT2D eigenvalue weighted by Gasteiger charge is -2.06. The molecule has 0 radical (unpaired) electrons. The van der Waals surface area contributed by atoms with Crippen LogP contribution in [0.3, 0.4) is 0 Å². The van der Waals surface area contributed by atoms with E-state index in [-0.39, 0.29) is 11.9 Å². The van der Waals surface area contributed by atoms with Crippen LogP contribution in [0, 0.1) is 20.8 Å². The summed E-state index contributed by atoms with van der Waals surface area (Å²) in [6.45, 7) is 13.1. The molecule has 0 fully saturated rings. The molecular formula is C19H24N4OS. The van der Waals surface area contributed by atoms with Gasteiger partial charge in [0.2, 0.25) is 0 Å². The van der Waals surface area contributed by atoms with Crippen molar-refractivity contribution in [1.29, 1.82) is 0 Å².